The minimum Gasteiger partial charge on any atom is -0.289 e. The number of alkyl halides is 3. The Morgan fingerprint density at radius 3 is 2.55 bits per heavy atom. The van der Waals surface area contributed by atoms with E-state index >= 15 is 0 Å². The maximum Gasteiger partial charge on any atom is 0.451 e. The second-order valence-corrected chi connectivity index (χ2v) is 4.49. The molecule has 1 amide bonds. The van der Waals surface area contributed by atoms with Crippen LogP contribution in [0, 0.1) is 0 Å². The van der Waals surface area contributed by atoms with Crippen LogP contribution in [0.3, 0.4) is 0 Å². The van der Waals surface area contributed by atoms with Gasteiger partial charge in [-0.25, -0.2) is 0 Å². The van der Waals surface area contributed by atoms with Gasteiger partial charge in [-0.15, -0.1) is 5.10 Å². The van der Waals surface area contributed by atoms with Crippen molar-refractivity contribution >= 4 is 22.6 Å². The van der Waals surface area contributed by atoms with Crippen LogP contribution in [-0.2, 0) is 6.18 Å². The van der Waals surface area contributed by atoms with Gasteiger partial charge in [0, 0.05) is 5.56 Å². The number of rotatable bonds is 2. The first kappa shape index (κ1) is 14.1. The largest absolute Gasteiger partial charge is 0.451 e. The van der Waals surface area contributed by atoms with Crippen molar-refractivity contribution in [3.05, 3.63) is 53.9 Å². The van der Waals surface area contributed by atoms with E-state index in [0.717, 1.165) is 5.39 Å². The molecule has 0 aliphatic rings. The molecule has 0 aliphatic carbocycles. The fraction of sp³-hybridized carbons (Fsp3) is 0.0714. The van der Waals surface area contributed by atoms with Gasteiger partial charge in [0.2, 0.25) is 11.8 Å². The molecule has 5 nitrogen and oxygen atoms in total. The van der Waals surface area contributed by atoms with Crippen molar-refractivity contribution in [3.8, 4) is 0 Å². The molecule has 112 valence electrons. The number of carbonyl (C=O) groups is 1. The molecule has 0 unspecified atom stereocenters. The molecule has 0 fully saturated rings. The number of benzene rings is 2. The summed E-state index contributed by atoms with van der Waals surface area (Å²) in [7, 11) is 0. The number of anilines is 1. The molecule has 2 aromatic carbocycles. The number of hydrogen-bond donors (Lipinski definition) is 2. The number of hydrogen-bond acceptors (Lipinski definition) is 3. The molecule has 2 N–H and O–H groups in total. The van der Waals surface area contributed by atoms with Crippen molar-refractivity contribution in [2.75, 3.05) is 5.32 Å². The lowest BCUT2D eigenvalue weighted by atomic mass is 10.0. The lowest BCUT2D eigenvalue weighted by Crippen LogP contribution is -2.14. The van der Waals surface area contributed by atoms with Crippen LogP contribution in [0.1, 0.15) is 16.2 Å². The van der Waals surface area contributed by atoms with Crippen molar-refractivity contribution < 1.29 is 18.0 Å². The number of fused-ring (bicyclic) bond motifs is 1. The Morgan fingerprint density at radius 1 is 1.09 bits per heavy atom. The molecule has 1 heterocycles. The number of amides is 1. The zero-order chi connectivity index (χ0) is 15.7. The SMILES string of the molecule is O=C(Nc1n[nH]c(C(F)(F)F)n1)c1cccc2ccccc12. The minimum atomic E-state index is -4.64. The number of halogens is 3. The molecule has 22 heavy (non-hydrogen) atoms. The molecule has 0 saturated heterocycles. The van der Waals surface area contributed by atoms with Crippen molar-refractivity contribution in [3.63, 3.8) is 0 Å². The number of aromatic amines is 1. The summed E-state index contributed by atoms with van der Waals surface area (Å²) in [6, 6.07) is 12.3. The van der Waals surface area contributed by atoms with E-state index in [9.17, 15) is 18.0 Å². The molecular weight excluding hydrogens is 297 g/mol. The molecule has 3 aromatic rings. The van der Waals surface area contributed by atoms with Gasteiger partial charge in [-0.3, -0.25) is 15.2 Å². The van der Waals surface area contributed by atoms with Crippen LogP contribution in [0.15, 0.2) is 42.5 Å². The maximum atomic E-state index is 12.4. The molecule has 0 saturated carbocycles. The van der Waals surface area contributed by atoms with Crippen LogP contribution >= 0.6 is 0 Å². The molecule has 0 spiro atoms. The van der Waals surface area contributed by atoms with Gasteiger partial charge in [0.25, 0.3) is 5.91 Å². The van der Waals surface area contributed by atoms with Crippen LogP contribution in [0.4, 0.5) is 19.1 Å². The Hall–Kier alpha value is -2.90. The second-order valence-electron chi connectivity index (χ2n) is 4.49. The van der Waals surface area contributed by atoms with E-state index < -0.39 is 23.9 Å². The average Bonchev–Trinajstić information content (AvgIpc) is 2.95. The van der Waals surface area contributed by atoms with Gasteiger partial charge in [-0.05, 0) is 16.8 Å². The number of carbonyl (C=O) groups excluding carboxylic acids is 1. The highest BCUT2D eigenvalue weighted by atomic mass is 19.4. The summed E-state index contributed by atoms with van der Waals surface area (Å²) in [5.41, 5.74) is 0.330. The van der Waals surface area contributed by atoms with Gasteiger partial charge >= 0.3 is 6.18 Å². The fourth-order valence-electron chi connectivity index (χ4n) is 2.04. The Labute approximate surface area is 122 Å². The monoisotopic (exact) mass is 306 g/mol. The predicted octanol–water partition coefficient (Wildman–Crippen LogP) is 3.23. The summed E-state index contributed by atoms with van der Waals surface area (Å²) >= 11 is 0. The number of aromatic nitrogens is 3. The topological polar surface area (TPSA) is 70.7 Å². The van der Waals surface area contributed by atoms with Crippen LogP contribution < -0.4 is 5.32 Å². The quantitative estimate of drug-likeness (QED) is 0.763. The summed E-state index contributed by atoms with van der Waals surface area (Å²) in [5.74, 6) is -2.27. The molecule has 0 radical (unpaired) electrons. The van der Waals surface area contributed by atoms with Crippen LogP contribution in [0.2, 0.25) is 0 Å². The first-order chi connectivity index (χ1) is 10.4. The molecule has 0 atom stereocenters. The summed E-state index contributed by atoms with van der Waals surface area (Å²) < 4.78 is 37.3. The maximum absolute atomic E-state index is 12.4. The molecule has 3 rings (SSSR count). The van der Waals surface area contributed by atoms with Gasteiger partial charge in [0.15, 0.2) is 0 Å². The highest BCUT2D eigenvalue weighted by Crippen LogP contribution is 2.26. The smallest absolute Gasteiger partial charge is 0.289 e. The third-order valence-electron chi connectivity index (χ3n) is 3.01. The van der Waals surface area contributed by atoms with Gasteiger partial charge in [-0.2, -0.15) is 18.2 Å². The van der Waals surface area contributed by atoms with E-state index in [-0.39, 0.29) is 0 Å². The van der Waals surface area contributed by atoms with E-state index in [1.165, 1.54) is 0 Å². The Kier molecular flexibility index (Phi) is 3.28. The molecule has 1 aromatic heterocycles. The first-order valence-corrected chi connectivity index (χ1v) is 6.24. The van der Waals surface area contributed by atoms with Crippen molar-refractivity contribution in [2.45, 2.75) is 6.18 Å². The number of H-pyrrole nitrogens is 1. The van der Waals surface area contributed by atoms with Crippen molar-refractivity contribution in [2.24, 2.45) is 0 Å². The van der Waals surface area contributed by atoms with Crippen molar-refractivity contribution in [1.82, 2.24) is 15.2 Å². The Balaban J connectivity index is 1.89. The average molecular weight is 306 g/mol. The molecule has 8 heteroatoms. The van der Waals surface area contributed by atoms with E-state index in [1.54, 1.807) is 29.4 Å². The van der Waals surface area contributed by atoms with E-state index in [2.05, 4.69) is 15.4 Å². The number of nitrogens with one attached hydrogen (secondary N) is 2. The highest BCUT2D eigenvalue weighted by molar-refractivity contribution is 6.12. The third-order valence-corrected chi connectivity index (χ3v) is 3.01. The Bertz CT molecular complexity index is 836. The van der Waals surface area contributed by atoms with Gasteiger partial charge in [0.1, 0.15) is 0 Å². The summed E-state index contributed by atoms with van der Waals surface area (Å²) in [4.78, 5) is 15.4. The van der Waals surface area contributed by atoms with Crippen LogP contribution in [0.25, 0.3) is 10.8 Å². The van der Waals surface area contributed by atoms with E-state index in [1.807, 2.05) is 18.2 Å². The zero-order valence-corrected chi connectivity index (χ0v) is 11.0. The Morgan fingerprint density at radius 2 is 1.82 bits per heavy atom. The fourth-order valence-corrected chi connectivity index (χ4v) is 2.04. The standard InChI is InChI=1S/C14H9F3N4O/c15-14(16,17)12-19-13(21-20-12)18-11(22)10-7-3-5-8-4-1-2-6-9(8)10/h1-7H,(H2,18,19,20,21,22). The van der Waals surface area contributed by atoms with E-state index in [0.29, 0.717) is 10.9 Å². The highest BCUT2D eigenvalue weighted by Gasteiger charge is 2.35. The van der Waals surface area contributed by atoms with Crippen molar-refractivity contribution in [1.29, 1.82) is 0 Å². The summed E-state index contributed by atoms with van der Waals surface area (Å²) in [6.45, 7) is 0. The lowest BCUT2D eigenvalue weighted by molar-refractivity contribution is -0.144. The molecular formula is C14H9F3N4O. The normalized spacial score (nSPS) is 11.6. The first-order valence-electron chi connectivity index (χ1n) is 6.24. The second kappa shape index (κ2) is 5.14. The molecule has 0 aliphatic heterocycles. The minimum absolute atomic E-state index is 0.330. The summed E-state index contributed by atoms with van der Waals surface area (Å²) in [5, 5.41) is 8.87. The molecule has 0 bridgehead atoms. The predicted molar refractivity (Wildman–Crippen MR) is 73.3 cm³/mol. The lowest BCUT2D eigenvalue weighted by Gasteiger charge is -2.05. The van der Waals surface area contributed by atoms with E-state index in [4.69, 9.17) is 0 Å². The third kappa shape index (κ3) is 2.62. The van der Waals surface area contributed by atoms with Crippen LogP contribution in [0.5, 0.6) is 0 Å². The van der Waals surface area contributed by atoms with Gasteiger partial charge in [-0.1, -0.05) is 36.4 Å². The van der Waals surface area contributed by atoms with Gasteiger partial charge in [0.05, 0.1) is 0 Å². The number of nitrogens with zero attached hydrogens (tertiary/aromatic N) is 2. The zero-order valence-electron chi connectivity index (χ0n) is 11.0. The van der Waals surface area contributed by atoms with Gasteiger partial charge < -0.3 is 0 Å². The summed E-state index contributed by atoms with van der Waals surface area (Å²) in [6.07, 6.45) is -4.64. The van der Waals surface area contributed by atoms with Crippen LogP contribution in [-0.4, -0.2) is 21.1 Å².